The summed E-state index contributed by atoms with van der Waals surface area (Å²) in [6.07, 6.45) is 4.40. The van der Waals surface area contributed by atoms with Crippen molar-refractivity contribution in [1.82, 2.24) is 24.8 Å². The van der Waals surface area contributed by atoms with Gasteiger partial charge in [0.05, 0.1) is 17.2 Å². The number of ether oxygens (including phenoxy) is 1. The molecule has 3 heterocycles. The molecular formula is C27H25ClF2N6O3. The Bertz CT molecular complexity index is 1510. The molecule has 0 spiro atoms. The van der Waals surface area contributed by atoms with Gasteiger partial charge in [0.2, 0.25) is 6.41 Å². The number of phenolic OH excluding ortho intramolecular Hbond substituents is 1. The Morgan fingerprint density at radius 3 is 2.59 bits per heavy atom. The van der Waals surface area contributed by atoms with E-state index in [2.05, 4.69) is 19.9 Å². The molecule has 12 heteroatoms. The van der Waals surface area contributed by atoms with Crippen LogP contribution in [0.5, 0.6) is 11.8 Å². The summed E-state index contributed by atoms with van der Waals surface area (Å²) in [5, 5.41) is 10.5. The second-order valence-corrected chi connectivity index (χ2v) is 9.73. The van der Waals surface area contributed by atoms with Crippen molar-refractivity contribution in [2.75, 3.05) is 24.6 Å². The number of hydrogen-bond donors (Lipinski definition) is 1. The maximum atomic E-state index is 16.2. The molecule has 0 radical (unpaired) electrons. The molecule has 1 aliphatic heterocycles. The van der Waals surface area contributed by atoms with Crippen LogP contribution in [0.15, 0.2) is 42.7 Å². The van der Waals surface area contributed by atoms with Gasteiger partial charge in [0.25, 0.3) is 0 Å². The zero-order chi connectivity index (χ0) is 27.7. The van der Waals surface area contributed by atoms with Gasteiger partial charge in [-0.05, 0) is 38.1 Å². The molecule has 2 aromatic heterocycles. The molecule has 1 amide bonds. The zero-order valence-electron chi connectivity index (χ0n) is 21.2. The summed E-state index contributed by atoms with van der Waals surface area (Å²) in [4.78, 5) is 32.4. The van der Waals surface area contributed by atoms with Crippen LogP contribution in [0.1, 0.15) is 19.7 Å². The number of amides is 1. The number of piperazine rings is 1. The zero-order valence-corrected chi connectivity index (χ0v) is 21.9. The highest BCUT2D eigenvalue weighted by molar-refractivity contribution is 6.34. The number of phenols is 1. The van der Waals surface area contributed by atoms with Crippen molar-refractivity contribution in [2.45, 2.75) is 32.4 Å². The first-order chi connectivity index (χ1) is 18.8. The summed E-state index contributed by atoms with van der Waals surface area (Å²) < 4.78 is 36.7. The number of nitrogens with zero attached hydrogens (tertiary/aromatic N) is 6. The number of aromatic nitrogens is 4. The predicted molar refractivity (Wildman–Crippen MR) is 142 cm³/mol. The van der Waals surface area contributed by atoms with Gasteiger partial charge >= 0.3 is 6.01 Å². The van der Waals surface area contributed by atoms with Crippen LogP contribution < -0.4 is 9.64 Å². The first-order valence-electron chi connectivity index (χ1n) is 12.3. The highest BCUT2D eigenvalue weighted by Crippen LogP contribution is 2.43. The maximum Gasteiger partial charge on any atom is 0.319 e. The number of halogens is 3. The monoisotopic (exact) mass is 554 g/mol. The second kappa shape index (κ2) is 10.9. The van der Waals surface area contributed by atoms with Gasteiger partial charge in [-0.25, -0.2) is 18.7 Å². The van der Waals surface area contributed by atoms with Gasteiger partial charge in [-0.2, -0.15) is 9.97 Å². The average Bonchev–Trinajstić information content (AvgIpc) is 2.92. The number of fused-ring (bicyclic) bond motifs is 1. The lowest BCUT2D eigenvalue weighted by Crippen LogP contribution is -2.56. The van der Waals surface area contributed by atoms with Gasteiger partial charge in [-0.15, -0.1) is 0 Å². The lowest BCUT2D eigenvalue weighted by molar-refractivity contribution is -0.120. The molecule has 39 heavy (non-hydrogen) atoms. The van der Waals surface area contributed by atoms with Crippen molar-refractivity contribution >= 4 is 34.7 Å². The number of hydrogen-bond acceptors (Lipinski definition) is 8. The van der Waals surface area contributed by atoms with Crippen LogP contribution in [0.4, 0.5) is 14.6 Å². The van der Waals surface area contributed by atoms with Gasteiger partial charge in [-0.3, -0.25) is 4.79 Å². The number of aromatic hydroxyl groups is 1. The predicted octanol–water partition coefficient (Wildman–Crippen LogP) is 4.40. The minimum atomic E-state index is -0.926. The van der Waals surface area contributed by atoms with Gasteiger partial charge < -0.3 is 19.6 Å². The molecule has 1 N–H and O–H groups in total. The minimum Gasteiger partial charge on any atom is -0.507 e. The molecule has 0 aliphatic carbocycles. The SMILES string of the molecule is C[C@@H]1CN(C=O)[C@@H](C)CN1c1nc(OCCc2ncccn2)nc2c(F)c(-c3c(O)cccc3F)c(Cl)cc12. The quantitative estimate of drug-likeness (QED) is 0.335. The molecule has 1 saturated heterocycles. The van der Waals surface area contributed by atoms with E-state index in [0.717, 1.165) is 12.5 Å². The van der Waals surface area contributed by atoms with E-state index in [1.54, 1.807) is 23.4 Å². The summed E-state index contributed by atoms with van der Waals surface area (Å²) in [5.41, 5.74) is -0.835. The summed E-state index contributed by atoms with van der Waals surface area (Å²) in [6.45, 7) is 4.79. The lowest BCUT2D eigenvalue weighted by Gasteiger charge is -2.43. The fourth-order valence-electron chi connectivity index (χ4n) is 4.72. The molecule has 2 atom stereocenters. The van der Waals surface area contributed by atoms with Crippen molar-refractivity contribution < 1.29 is 23.4 Å². The number of anilines is 1. The van der Waals surface area contributed by atoms with E-state index in [1.165, 1.54) is 18.2 Å². The first kappa shape index (κ1) is 26.5. The molecule has 9 nitrogen and oxygen atoms in total. The Morgan fingerprint density at radius 2 is 1.87 bits per heavy atom. The van der Waals surface area contributed by atoms with E-state index >= 15 is 4.39 Å². The van der Waals surface area contributed by atoms with Crippen LogP contribution in [0.2, 0.25) is 5.02 Å². The molecule has 1 fully saturated rings. The molecule has 5 rings (SSSR count). The smallest absolute Gasteiger partial charge is 0.319 e. The van der Waals surface area contributed by atoms with Crippen molar-refractivity contribution in [3.63, 3.8) is 0 Å². The van der Waals surface area contributed by atoms with Crippen LogP contribution in [0.3, 0.4) is 0 Å². The normalized spacial score (nSPS) is 17.5. The number of carbonyl (C=O) groups excluding carboxylic acids is 1. The van der Waals surface area contributed by atoms with Crippen molar-refractivity contribution in [1.29, 1.82) is 0 Å². The van der Waals surface area contributed by atoms with Crippen LogP contribution >= 0.6 is 11.6 Å². The number of rotatable bonds is 7. The molecular weight excluding hydrogens is 530 g/mol. The summed E-state index contributed by atoms with van der Waals surface area (Å²) >= 11 is 6.51. The fourth-order valence-corrected chi connectivity index (χ4v) is 5.01. The van der Waals surface area contributed by atoms with Crippen molar-refractivity contribution in [2.24, 2.45) is 0 Å². The van der Waals surface area contributed by atoms with Crippen LogP contribution in [0.25, 0.3) is 22.0 Å². The third-order valence-electron chi connectivity index (χ3n) is 6.70. The molecule has 0 unspecified atom stereocenters. The van der Waals surface area contributed by atoms with Crippen LogP contribution in [-0.2, 0) is 11.2 Å². The molecule has 202 valence electrons. The van der Waals surface area contributed by atoms with Crippen LogP contribution in [-0.4, -0.2) is 68.1 Å². The summed E-state index contributed by atoms with van der Waals surface area (Å²) in [6, 6.07) is 6.42. The highest BCUT2D eigenvalue weighted by atomic mass is 35.5. The van der Waals surface area contributed by atoms with Crippen molar-refractivity contribution in [3.8, 4) is 22.9 Å². The van der Waals surface area contributed by atoms with Gasteiger partial charge in [0.15, 0.2) is 5.82 Å². The molecule has 4 aromatic rings. The van der Waals surface area contributed by atoms with E-state index in [9.17, 15) is 14.3 Å². The van der Waals surface area contributed by atoms with Crippen molar-refractivity contribution in [3.05, 3.63) is 65.2 Å². The Balaban J connectivity index is 1.63. The second-order valence-electron chi connectivity index (χ2n) is 9.32. The van der Waals surface area contributed by atoms with E-state index in [-0.39, 0.29) is 51.8 Å². The third kappa shape index (κ3) is 5.14. The third-order valence-corrected chi connectivity index (χ3v) is 7.00. The standard InChI is InChI=1S/C27H25ClF2N6O3/c1-15-13-36(16(2)12-35(15)14-37)26-17-11-18(28)22(23-19(29)5-3-6-20(23)38)24(30)25(17)33-27(34-26)39-10-7-21-31-8-4-9-32-21/h3-6,8-9,11,14-16,38H,7,10,12-13H2,1-2H3/t15-,16+/m0/s1. The summed E-state index contributed by atoms with van der Waals surface area (Å²) in [7, 11) is 0. The van der Waals surface area contributed by atoms with E-state index in [4.69, 9.17) is 16.3 Å². The minimum absolute atomic E-state index is 0.101. The topological polar surface area (TPSA) is 105 Å². The van der Waals surface area contributed by atoms with Gasteiger partial charge in [0, 0.05) is 54.9 Å². The van der Waals surface area contributed by atoms with Gasteiger partial charge in [-0.1, -0.05) is 17.7 Å². The lowest BCUT2D eigenvalue weighted by atomic mass is 10.0. The Labute approximate surface area is 228 Å². The average molecular weight is 555 g/mol. The first-order valence-corrected chi connectivity index (χ1v) is 12.7. The van der Waals surface area contributed by atoms with Gasteiger partial charge in [0.1, 0.15) is 28.7 Å². The maximum absolute atomic E-state index is 16.2. The Morgan fingerprint density at radius 1 is 1.10 bits per heavy atom. The molecule has 0 saturated carbocycles. The van der Waals surface area contributed by atoms with E-state index < -0.39 is 17.4 Å². The van der Waals surface area contributed by atoms with Crippen LogP contribution in [0, 0.1) is 11.6 Å². The van der Waals surface area contributed by atoms with E-state index in [0.29, 0.717) is 31.2 Å². The number of benzene rings is 2. The molecule has 1 aliphatic rings. The Kier molecular flexibility index (Phi) is 7.42. The number of carbonyl (C=O) groups is 1. The summed E-state index contributed by atoms with van der Waals surface area (Å²) in [5.74, 6) is -1.31. The van der Waals surface area contributed by atoms with E-state index in [1.807, 2.05) is 18.7 Å². The fraction of sp³-hybridized carbons (Fsp3) is 0.296. The molecule has 2 aromatic carbocycles. The Hall–Kier alpha value is -4.12. The molecule has 0 bridgehead atoms. The largest absolute Gasteiger partial charge is 0.507 e. The highest BCUT2D eigenvalue weighted by Gasteiger charge is 2.32.